The van der Waals surface area contributed by atoms with Gasteiger partial charge >= 0.3 is 12.1 Å². The smallest absolute Gasteiger partial charge is 0.416 e. The van der Waals surface area contributed by atoms with Crippen LogP contribution in [0.2, 0.25) is 0 Å². The van der Waals surface area contributed by atoms with Crippen LogP contribution < -0.4 is 9.47 Å². The molecule has 1 aromatic carbocycles. The predicted octanol–water partition coefficient (Wildman–Crippen LogP) is 3.40. The van der Waals surface area contributed by atoms with E-state index in [1.807, 2.05) is 0 Å². The molecule has 1 unspecified atom stereocenters. The molecule has 1 aliphatic heterocycles. The molecule has 0 saturated heterocycles. The molecule has 0 amide bonds. The van der Waals surface area contributed by atoms with Crippen molar-refractivity contribution < 1.29 is 32.5 Å². The highest BCUT2D eigenvalue weighted by atomic mass is 19.4. The van der Waals surface area contributed by atoms with Crippen molar-refractivity contribution in [3.05, 3.63) is 23.3 Å². The molecule has 0 aromatic heterocycles. The van der Waals surface area contributed by atoms with E-state index in [4.69, 9.17) is 14.6 Å². The van der Waals surface area contributed by atoms with E-state index in [1.54, 1.807) is 0 Å². The van der Waals surface area contributed by atoms with Crippen molar-refractivity contribution in [3.8, 4) is 11.5 Å². The highest BCUT2D eigenvalue weighted by Gasteiger charge is 2.42. The Morgan fingerprint density at radius 1 is 1.29 bits per heavy atom. The number of carboxylic acids is 1. The van der Waals surface area contributed by atoms with Gasteiger partial charge in [-0.1, -0.05) is 0 Å². The van der Waals surface area contributed by atoms with Crippen LogP contribution in [0.4, 0.5) is 13.2 Å². The van der Waals surface area contributed by atoms with E-state index < -0.39 is 23.6 Å². The van der Waals surface area contributed by atoms with Crippen LogP contribution in [-0.4, -0.2) is 17.9 Å². The number of carbonyl (C=O) groups is 1. The lowest BCUT2D eigenvalue weighted by Gasteiger charge is -2.21. The summed E-state index contributed by atoms with van der Waals surface area (Å²) in [6, 6.07) is 2.20. The fourth-order valence-electron chi connectivity index (χ4n) is 2.73. The Morgan fingerprint density at radius 2 is 1.90 bits per heavy atom. The molecular formula is C14H13F3O4. The molecule has 7 heteroatoms. The van der Waals surface area contributed by atoms with Gasteiger partial charge in [0, 0.05) is 0 Å². The zero-order chi connectivity index (χ0) is 15.2. The maximum absolute atomic E-state index is 13.3. The van der Waals surface area contributed by atoms with E-state index in [0.717, 1.165) is 18.9 Å². The van der Waals surface area contributed by atoms with Crippen LogP contribution in [0.25, 0.3) is 0 Å². The first kappa shape index (κ1) is 14.0. The average molecular weight is 302 g/mol. The van der Waals surface area contributed by atoms with Crippen molar-refractivity contribution in [2.75, 3.05) is 6.79 Å². The molecule has 1 fully saturated rings. The maximum Gasteiger partial charge on any atom is 0.416 e. The third kappa shape index (κ3) is 2.77. The van der Waals surface area contributed by atoms with Gasteiger partial charge in [-0.3, -0.25) is 4.79 Å². The summed E-state index contributed by atoms with van der Waals surface area (Å²) < 4.78 is 49.9. The number of hydrogen-bond acceptors (Lipinski definition) is 3. The summed E-state index contributed by atoms with van der Waals surface area (Å²) in [5, 5.41) is 8.97. The lowest BCUT2D eigenvalue weighted by Crippen LogP contribution is -2.16. The van der Waals surface area contributed by atoms with Crippen molar-refractivity contribution in [2.45, 2.75) is 31.4 Å². The Labute approximate surface area is 118 Å². The SMILES string of the molecule is O=C(O)CC(c1cc2c(cc1C(F)(F)F)OCO2)C1CC1. The Morgan fingerprint density at radius 3 is 2.43 bits per heavy atom. The molecule has 1 atom stereocenters. The predicted molar refractivity (Wildman–Crippen MR) is 65.3 cm³/mol. The van der Waals surface area contributed by atoms with Gasteiger partial charge in [0.05, 0.1) is 12.0 Å². The number of carboxylic acid groups (broad SMARTS) is 1. The molecule has 0 radical (unpaired) electrons. The Bertz CT molecular complexity index is 578. The molecule has 2 aliphatic rings. The van der Waals surface area contributed by atoms with E-state index in [0.29, 0.717) is 0 Å². The number of halogens is 3. The van der Waals surface area contributed by atoms with Crippen molar-refractivity contribution in [2.24, 2.45) is 5.92 Å². The summed E-state index contributed by atoms with van der Waals surface area (Å²) in [6.45, 7) is -0.122. The van der Waals surface area contributed by atoms with Crippen LogP contribution in [0.15, 0.2) is 12.1 Å². The van der Waals surface area contributed by atoms with Crippen molar-refractivity contribution in [1.82, 2.24) is 0 Å². The number of fused-ring (bicyclic) bond motifs is 1. The Balaban J connectivity index is 2.08. The van der Waals surface area contributed by atoms with Crippen LogP contribution in [0, 0.1) is 5.92 Å². The number of aliphatic carboxylic acids is 1. The minimum absolute atomic E-state index is 0.00310. The minimum atomic E-state index is -4.55. The van der Waals surface area contributed by atoms with Gasteiger partial charge in [-0.2, -0.15) is 13.2 Å². The largest absolute Gasteiger partial charge is 0.481 e. The topological polar surface area (TPSA) is 55.8 Å². The average Bonchev–Trinajstić information content (AvgIpc) is 3.11. The first-order valence-electron chi connectivity index (χ1n) is 6.59. The van der Waals surface area contributed by atoms with Gasteiger partial charge in [-0.15, -0.1) is 0 Å². The summed E-state index contributed by atoms with van der Waals surface area (Å²) in [4.78, 5) is 11.0. The van der Waals surface area contributed by atoms with E-state index in [9.17, 15) is 18.0 Å². The van der Waals surface area contributed by atoms with Gasteiger partial charge in [0.15, 0.2) is 11.5 Å². The highest BCUT2D eigenvalue weighted by molar-refractivity contribution is 5.68. The normalized spacial score (nSPS) is 18.6. The maximum atomic E-state index is 13.3. The molecule has 3 rings (SSSR count). The van der Waals surface area contributed by atoms with Gasteiger partial charge < -0.3 is 14.6 Å². The van der Waals surface area contributed by atoms with Gasteiger partial charge in [-0.25, -0.2) is 0 Å². The first-order valence-corrected chi connectivity index (χ1v) is 6.59. The zero-order valence-electron chi connectivity index (χ0n) is 10.9. The second kappa shape index (κ2) is 4.82. The summed E-state index contributed by atoms with van der Waals surface area (Å²) in [5.74, 6) is -1.46. The van der Waals surface area contributed by atoms with E-state index in [2.05, 4.69) is 0 Å². The number of ether oxygens (including phenoxy) is 2. The molecule has 1 N–H and O–H groups in total. The number of rotatable bonds is 4. The molecule has 1 heterocycles. The summed E-state index contributed by atoms with van der Waals surface area (Å²) in [5.41, 5.74) is -0.832. The Kier molecular flexibility index (Phi) is 3.22. The van der Waals surface area contributed by atoms with Gasteiger partial charge in [0.25, 0.3) is 0 Å². The molecule has 0 spiro atoms. The van der Waals surface area contributed by atoms with Crippen LogP contribution in [0.1, 0.15) is 36.3 Å². The molecule has 4 nitrogen and oxygen atoms in total. The number of hydrogen-bond donors (Lipinski definition) is 1. The molecule has 0 bridgehead atoms. The summed E-state index contributed by atoms with van der Waals surface area (Å²) >= 11 is 0. The minimum Gasteiger partial charge on any atom is -0.481 e. The molecule has 21 heavy (non-hydrogen) atoms. The second-order valence-corrected chi connectivity index (χ2v) is 5.33. The fourth-order valence-corrected chi connectivity index (χ4v) is 2.73. The van der Waals surface area contributed by atoms with Crippen molar-refractivity contribution in [1.29, 1.82) is 0 Å². The van der Waals surface area contributed by atoms with Gasteiger partial charge in [0.1, 0.15) is 0 Å². The van der Waals surface area contributed by atoms with Crippen LogP contribution in [0.3, 0.4) is 0 Å². The summed E-state index contributed by atoms with van der Waals surface area (Å²) in [6.07, 6.45) is -3.36. The number of alkyl halides is 3. The van der Waals surface area contributed by atoms with E-state index in [-0.39, 0.29) is 36.2 Å². The summed E-state index contributed by atoms with van der Waals surface area (Å²) in [7, 11) is 0. The monoisotopic (exact) mass is 302 g/mol. The lowest BCUT2D eigenvalue weighted by atomic mass is 9.87. The highest BCUT2D eigenvalue weighted by Crippen LogP contribution is 2.50. The standard InChI is InChI=1S/C14H13F3O4/c15-14(16,17)10-5-12-11(20-6-21-12)3-9(10)8(4-13(18)19)7-1-2-7/h3,5,7-8H,1-2,4,6H2,(H,18,19). The Hall–Kier alpha value is -1.92. The molecule has 114 valence electrons. The quantitative estimate of drug-likeness (QED) is 0.926. The number of benzene rings is 1. The second-order valence-electron chi connectivity index (χ2n) is 5.33. The van der Waals surface area contributed by atoms with Crippen LogP contribution in [0.5, 0.6) is 11.5 Å². The first-order chi connectivity index (χ1) is 9.86. The lowest BCUT2D eigenvalue weighted by molar-refractivity contribution is -0.140. The van der Waals surface area contributed by atoms with Crippen LogP contribution in [-0.2, 0) is 11.0 Å². The van der Waals surface area contributed by atoms with Crippen LogP contribution >= 0.6 is 0 Å². The fraction of sp³-hybridized carbons (Fsp3) is 0.500. The molecule has 1 aromatic rings. The molecule has 1 saturated carbocycles. The third-order valence-electron chi connectivity index (χ3n) is 3.84. The van der Waals surface area contributed by atoms with E-state index in [1.165, 1.54) is 6.07 Å². The third-order valence-corrected chi connectivity index (χ3v) is 3.84. The van der Waals surface area contributed by atoms with Gasteiger partial charge in [-0.05, 0) is 42.4 Å². The van der Waals surface area contributed by atoms with Crippen molar-refractivity contribution in [3.63, 3.8) is 0 Å². The molecular weight excluding hydrogens is 289 g/mol. The van der Waals surface area contributed by atoms with Crippen molar-refractivity contribution >= 4 is 5.97 Å². The van der Waals surface area contributed by atoms with Gasteiger partial charge in [0.2, 0.25) is 6.79 Å². The zero-order valence-corrected chi connectivity index (χ0v) is 10.9. The van der Waals surface area contributed by atoms with E-state index >= 15 is 0 Å². The molecule has 1 aliphatic carbocycles.